The van der Waals surface area contributed by atoms with E-state index in [1.165, 1.54) is 48.8 Å². The van der Waals surface area contributed by atoms with Crippen molar-refractivity contribution in [3.8, 4) is 0 Å². The molecule has 0 aliphatic carbocycles. The highest BCUT2D eigenvalue weighted by atomic mass is 16.7. The molecule has 4 heterocycles. The molecule has 0 aromatic carbocycles. The Hall–Kier alpha value is -4.88. The van der Waals surface area contributed by atoms with Crippen LogP contribution in [-0.4, -0.2) is 188 Å². The zero-order chi connectivity index (χ0) is 54.2. The number of nitrogens with one attached hydrogen (secondary N) is 4. The van der Waals surface area contributed by atoms with Gasteiger partial charge in [0.25, 0.3) is 29.5 Å². The van der Waals surface area contributed by atoms with Gasteiger partial charge < -0.3 is 45.1 Å². The summed E-state index contributed by atoms with van der Waals surface area (Å²) in [6, 6.07) is -9.80. The molecule has 0 bridgehead atoms. The van der Waals surface area contributed by atoms with E-state index in [1.54, 1.807) is 32.9 Å². The third-order valence-corrected chi connectivity index (χ3v) is 14.6. The van der Waals surface area contributed by atoms with Gasteiger partial charge in [-0.05, 0) is 103 Å². The molecule has 0 aromatic heterocycles. The second kappa shape index (κ2) is 25.4. The fourth-order valence-electron chi connectivity index (χ4n) is 9.68. The fraction of sp³-hybridized carbons (Fsp3) is 0.755. The number of allylic oxidation sites excluding steroid dienone is 3. The fourth-order valence-corrected chi connectivity index (χ4v) is 9.68. The SMILES string of the molecule is C/C=C(\C)C(=O)[C@@H](/C=C(\C)[C@@H]1O[C@@](O)([C@](O)(CC)C(=O)N[C@@H]2C(=O)N3NCCC[C@H]3C(=O)N(O)[C@H](COC)C(=O)N(C)[C@H](C)C(=O)N3NCCC[C@@H]3C(=O)N[C@@H]([C@H](C)O)C(=O)O[C@@H]2C(C)C)CC[C@H]1C)CC. The number of carbonyl (C=O) groups is 8. The topological polar surface area (TPSA) is 306 Å². The number of hydrogen-bond donors (Lipinski definition) is 8. The van der Waals surface area contributed by atoms with Gasteiger partial charge in [0.05, 0.1) is 18.8 Å². The predicted octanol–water partition coefficient (Wildman–Crippen LogP) is 0.142. The minimum absolute atomic E-state index is 0.0795. The van der Waals surface area contributed by atoms with Gasteiger partial charge in [-0.15, -0.1) is 0 Å². The molecule has 13 atom stereocenters. The molecule has 6 amide bonds. The molecular formula is C49H80N8O15. The second-order valence-electron chi connectivity index (χ2n) is 20.0. The molecule has 4 saturated heterocycles. The van der Waals surface area contributed by atoms with Crippen molar-refractivity contribution >= 4 is 47.2 Å². The second-order valence-corrected chi connectivity index (χ2v) is 20.0. The van der Waals surface area contributed by atoms with E-state index in [1.807, 2.05) is 13.8 Å². The highest BCUT2D eigenvalue weighted by Crippen LogP contribution is 2.42. The summed E-state index contributed by atoms with van der Waals surface area (Å²) in [6.07, 6.45) is -0.165. The summed E-state index contributed by atoms with van der Waals surface area (Å²) < 4.78 is 17.6. The van der Waals surface area contributed by atoms with Crippen molar-refractivity contribution in [1.82, 2.24) is 41.5 Å². The first kappa shape index (κ1) is 59.7. The monoisotopic (exact) mass is 1020 g/mol. The zero-order valence-corrected chi connectivity index (χ0v) is 43.9. The molecule has 4 aliphatic rings. The number of likely N-dealkylation sites (N-methyl/N-ethyl adjacent to an activating group) is 1. The summed E-state index contributed by atoms with van der Waals surface area (Å²) in [6.45, 7) is 15.7. The van der Waals surface area contributed by atoms with Gasteiger partial charge in [-0.1, -0.05) is 46.8 Å². The summed E-state index contributed by atoms with van der Waals surface area (Å²) in [5.74, 6) is -11.9. The first-order valence-electron chi connectivity index (χ1n) is 25.2. The van der Waals surface area contributed by atoms with Crippen molar-refractivity contribution in [2.75, 3.05) is 33.9 Å². The van der Waals surface area contributed by atoms with Crippen molar-refractivity contribution in [2.24, 2.45) is 17.8 Å². The lowest BCUT2D eigenvalue weighted by molar-refractivity contribution is -0.325. The molecule has 4 rings (SSSR count). The minimum atomic E-state index is -2.82. The highest BCUT2D eigenvalue weighted by Gasteiger charge is 2.59. The standard InChI is InChI=1S/C49H80N8O15/c1-13-27(6)38(59)32(14-2)24-29(8)40-28(7)20-21-49(68,72-40)48(67,15-3)47(66)53-37-39(26(4)5)71-46(65)36(31(10)58)52-41(60)33-18-16-22-50-55(33)42(61)30(9)54(11)43(62)35(25-70-12)57(69)44(63)34-19-17-23-51-56(34)45(37)64/h13,24,26,28,30-37,39-40,50-51,58,67-69H,14-23,25H2,1-12H3,(H,52,60)(H,53,66)/b27-13+,29-24+/t28-,30-,31+,32-,33-,34+,35-,36+,37+,39-,40-,48+,49-/m1/s1. The number of carbonyl (C=O) groups excluding carboxylic acids is 8. The number of aliphatic hydroxyl groups is 3. The first-order chi connectivity index (χ1) is 33.8. The number of hydrazine groups is 2. The summed E-state index contributed by atoms with van der Waals surface area (Å²) >= 11 is 0. The average Bonchev–Trinajstić information content (AvgIpc) is 3.37. The molecule has 0 aromatic rings. The van der Waals surface area contributed by atoms with Crippen LogP contribution in [0.5, 0.6) is 0 Å². The van der Waals surface area contributed by atoms with E-state index in [9.17, 15) is 54.1 Å². The maximum absolute atomic E-state index is 15.3. The number of ketones is 1. The smallest absolute Gasteiger partial charge is 0.331 e. The lowest BCUT2D eigenvalue weighted by Crippen LogP contribution is -2.71. The Bertz CT molecular complexity index is 2070. The molecule has 4 aliphatic heterocycles. The number of ether oxygens (including phenoxy) is 3. The lowest BCUT2D eigenvalue weighted by Gasteiger charge is -2.49. The number of hydroxylamine groups is 2. The number of aliphatic hydroxyl groups excluding tert-OH is 1. The molecule has 0 saturated carbocycles. The number of amides is 6. The molecule has 406 valence electrons. The number of fused-ring (bicyclic) bond motifs is 2. The van der Waals surface area contributed by atoms with Crippen molar-refractivity contribution in [3.05, 3.63) is 23.3 Å². The number of methoxy groups -OCH3 is 1. The van der Waals surface area contributed by atoms with E-state index in [-0.39, 0.29) is 62.0 Å². The number of hydrogen-bond acceptors (Lipinski definition) is 17. The molecule has 4 fully saturated rings. The van der Waals surface area contributed by atoms with E-state index in [0.29, 0.717) is 24.0 Å². The Kier molecular flexibility index (Phi) is 21.0. The van der Waals surface area contributed by atoms with Gasteiger partial charge in [0.1, 0.15) is 30.3 Å². The summed E-state index contributed by atoms with van der Waals surface area (Å²) in [5.41, 5.74) is 4.02. The van der Waals surface area contributed by atoms with Gasteiger partial charge in [-0.25, -0.2) is 20.7 Å². The van der Waals surface area contributed by atoms with Crippen LogP contribution in [-0.2, 0) is 52.6 Å². The van der Waals surface area contributed by atoms with E-state index in [0.717, 1.165) is 14.9 Å². The Morgan fingerprint density at radius 1 is 0.944 bits per heavy atom. The summed E-state index contributed by atoms with van der Waals surface area (Å²) in [4.78, 5) is 116. The van der Waals surface area contributed by atoms with Gasteiger partial charge in [0, 0.05) is 39.6 Å². The number of nitrogens with zero attached hydrogens (tertiary/aromatic N) is 4. The van der Waals surface area contributed by atoms with Crippen LogP contribution < -0.4 is 21.5 Å². The molecule has 72 heavy (non-hydrogen) atoms. The molecule has 23 nitrogen and oxygen atoms in total. The lowest BCUT2D eigenvalue weighted by atomic mass is 9.78. The van der Waals surface area contributed by atoms with Crippen molar-refractivity contribution in [2.45, 2.75) is 187 Å². The quantitative estimate of drug-likeness (QED) is 0.0527. The van der Waals surface area contributed by atoms with Crippen LogP contribution in [0.25, 0.3) is 0 Å². The maximum atomic E-state index is 15.3. The van der Waals surface area contributed by atoms with E-state index < -0.39 is 132 Å². The zero-order valence-electron chi connectivity index (χ0n) is 43.9. The molecule has 0 radical (unpaired) electrons. The number of Topliss-reactive ketones (excluding diaryl/α,β-unsaturated/α-hetero) is 1. The number of rotatable bonds is 13. The van der Waals surface area contributed by atoms with Crippen LogP contribution in [0.15, 0.2) is 23.3 Å². The highest BCUT2D eigenvalue weighted by molar-refractivity contribution is 5.99. The third kappa shape index (κ3) is 12.7. The van der Waals surface area contributed by atoms with Crippen molar-refractivity contribution < 1.29 is 73.1 Å². The van der Waals surface area contributed by atoms with E-state index >= 15 is 4.79 Å². The molecular weight excluding hydrogens is 941 g/mol. The van der Waals surface area contributed by atoms with Crippen molar-refractivity contribution in [3.63, 3.8) is 0 Å². The van der Waals surface area contributed by atoms with Gasteiger partial charge in [0.2, 0.25) is 11.7 Å². The minimum Gasteiger partial charge on any atom is -0.458 e. The summed E-state index contributed by atoms with van der Waals surface area (Å²) in [5, 5.41) is 54.5. The molecule has 23 heteroatoms. The molecule has 8 N–H and O–H groups in total. The number of esters is 1. The normalized spacial score (nSPS) is 32.1. The molecule has 0 unspecified atom stereocenters. The first-order valence-corrected chi connectivity index (χ1v) is 25.2. The Balaban J connectivity index is 1.88. The van der Waals surface area contributed by atoms with Crippen LogP contribution in [0.4, 0.5) is 0 Å². The average molecular weight is 1020 g/mol. The number of cyclic esters (lactones) is 1. The Morgan fingerprint density at radius 2 is 1.54 bits per heavy atom. The van der Waals surface area contributed by atoms with Crippen LogP contribution in [0.3, 0.4) is 0 Å². The van der Waals surface area contributed by atoms with E-state index in [4.69, 9.17) is 14.2 Å². The Morgan fingerprint density at radius 3 is 2.08 bits per heavy atom. The van der Waals surface area contributed by atoms with Gasteiger partial charge >= 0.3 is 5.97 Å². The largest absolute Gasteiger partial charge is 0.458 e. The van der Waals surface area contributed by atoms with Crippen LogP contribution >= 0.6 is 0 Å². The third-order valence-electron chi connectivity index (χ3n) is 14.6. The predicted molar refractivity (Wildman–Crippen MR) is 258 cm³/mol. The van der Waals surface area contributed by atoms with Crippen LogP contribution in [0, 0.1) is 17.8 Å². The van der Waals surface area contributed by atoms with E-state index in [2.05, 4.69) is 21.5 Å². The summed E-state index contributed by atoms with van der Waals surface area (Å²) in [7, 11) is 2.48. The Labute approximate surface area is 422 Å². The van der Waals surface area contributed by atoms with Gasteiger partial charge in [-0.2, -0.15) is 0 Å². The van der Waals surface area contributed by atoms with Gasteiger partial charge in [0.15, 0.2) is 23.5 Å². The molecule has 0 spiro atoms. The van der Waals surface area contributed by atoms with Crippen LogP contribution in [0.2, 0.25) is 0 Å². The van der Waals surface area contributed by atoms with Crippen LogP contribution in [0.1, 0.15) is 121 Å². The van der Waals surface area contributed by atoms with Gasteiger partial charge in [-0.3, -0.25) is 48.8 Å². The van der Waals surface area contributed by atoms with Crippen molar-refractivity contribution in [1.29, 1.82) is 0 Å². The maximum Gasteiger partial charge on any atom is 0.331 e.